The van der Waals surface area contributed by atoms with Gasteiger partial charge in [-0.2, -0.15) is 0 Å². The van der Waals surface area contributed by atoms with Gasteiger partial charge in [-0.3, -0.25) is 9.59 Å². The highest BCUT2D eigenvalue weighted by Crippen LogP contribution is 2.28. The van der Waals surface area contributed by atoms with E-state index in [2.05, 4.69) is 6.07 Å². The fourth-order valence-corrected chi connectivity index (χ4v) is 3.61. The van der Waals surface area contributed by atoms with Crippen LogP contribution in [0.1, 0.15) is 24.5 Å². The molecule has 1 aromatic carbocycles. The van der Waals surface area contributed by atoms with Gasteiger partial charge >= 0.3 is 0 Å². The van der Waals surface area contributed by atoms with E-state index in [-0.39, 0.29) is 11.0 Å². The third-order valence-corrected chi connectivity index (χ3v) is 4.99. The van der Waals surface area contributed by atoms with Crippen molar-refractivity contribution in [3.8, 4) is 5.75 Å². The second kappa shape index (κ2) is 6.10. The molecule has 1 amide bonds. The summed E-state index contributed by atoms with van der Waals surface area (Å²) in [5.41, 5.74) is 2.40. The molecule has 112 valence electrons. The van der Waals surface area contributed by atoms with E-state index in [9.17, 15) is 9.59 Å². The topological polar surface area (TPSA) is 46.6 Å². The molecular formula is C16H19NO3S. The van der Waals surface area contributed by atoms with Gasteiger partial charge in [-0.25, -0.2) is 0 Å². The molecule has 2 heterocycles. The second-order valence-electron chi connectivity index (χ2n) is 5.69. The van der Waals surface area contributed by atoms with E-state index in [1.54, 1.807) is 6.92 Å². The monoisotopic (exact) mass is 305 g/mol. The summed E-state index contributed by atoms with van der Waals surface area (Å²) in [5.74, 6) is 2.21. The van der Waals surface area contributed by atoms with Crippen molar-refractivity contribution in [3.63, 3.8) is 0 Å². The molecule has 5 heteroatoms. The van der Waals surface area contributed by atoms with E-state index in [1.807, 2.05) is 17.0 Å². The van der Waals surface area contributed by atoms with Crippen LogP contribution in [0.5, 0.6) is 5.75 Å². The van der Waals surface area contributed by atoms with Gasteiger partial charge in [0.05, 0.1) is 6.61 Å². The minimum Gasteiger partial charge on any atom is -0.493 e. The molecule has 1 atom stereocenters. The number of carbonyl (C=O) groups excluding carboxylic acids is 2. The van der Waals surface area contributed by atoms with Crippen LogP contribution in [0.4, 0.5) is 0 Å². The Balaban J connectivity index is 1.60. The number of hydrogen-bond donors (Lipinski definition) is 0. The molecule has 0 radical (unpaired) electrons. The molecule has 3 rings (SSSR count). The molecule has 0 aromatic heterocycles. The van der Waals surface area contributed by atoms with Gasteiger partial charge < -0.3 is 9.64 Å². The summed E-state index contributed by atoms with van der Waals surface area (Å²) in [6.07, 6.45) is 1.52. The smallest absolute Gasteiger partial charge is 0.223 e. The molecule has 1 saturated heterocycles. The summed E-state index contributed by atoms with van der Waals surface area (Å²) in [6, 6.07) is 6.18. The average molecular weight is 305 g/mol. The first-order valence-electron chi connectivity index (χ1n) is 7.27. The molecule has 2 aliphatic heterocycles. The Kier molecular flexibility index (Phi) is 4.19. The van der Waals surface area contributed by atoms with Gasteiger partial charge in [0.15, 0.2) is 5.12 Å². The lowest BCUT2D eigenvalue weighted by atomic mass is 10.1. The lowest BCUT2D eigenvalue weighted by Gasteiger charge is -2.17. The molecule has 1 aromatic rings. The number of nitrogens with zero attached hydrogens (tertiary/aromatic N) is 1. The van der Waals surface area contributed by atoms with Crippen molar-refractivity contribution in [2.24, 2.45) is 5.92 Å². The largest absolute Gasteiger partial charge is 0.493 e. The summed E-state index contributed by atoms with van der Waals surface area (Å²) in [7, 11) is 0. The van der Waals surface area contributed by atoms with Gasteiger partial charge in [0.1, 0.15) is 5.75 Å². The summed E-state index contributed by atoms with van der Waals surface area (Å²) in [5, 5.41) is 0.125. The van der Waals surface area contributed by atoms with Gasteiger partial charge in [-0.1, -0.05) is 23.9 Å². The zero-order valence-electron chi connectivity index (χ0n) is 12.1. The standard InChI is InChI=1S/C16H19NO3S/c1-11(18)21-10-13-7-16(19)17(9-13)8-12-2-3-15-14(6-12)4-5-20-15/h2-3,6,13H,4-5,7-10H2,1H3. The predicted molar refractivity (Wildman–Crippen MR) is 82.3 cm³/mol. The van der Waals surface area contributed by atoms with E-state index in [0.29, 0.717) is 18.9 Å². The van der Waals surface area contributed by atoms with Crippen LogP contribution >= 0.6 is 11.8 Å². The number of amides is 1. The first kappa shape index (κ1) is 14.4. The highest BCUT2D eigenvalue weighted by atomic mass is 32.2. The van der Waals surface area contributed by atoms with Crippen molar-refractivity contribution < 1.29 is 14.3 Å². The average Bonchev–Trinajstić information content (AvgIpc) is 3.03. The first-order valence-corrected chi connectivity index (χ1v) is 8.26. The second-order valence-corrected chi connectivity index (χ2v) is 6.88. The Labute approximate surface area is 128 Å². The first-order chi connectivity index (χ1) is 10.1. The van der Waals surface area contributed by atoms with Crippen LogP contribution in [0.3, 0.4) is 0 Å². The van der Waals surface area contributed by atoms with Gasteiger partial charge in [0.2, 0.25) is 5.91 Å². The zero-order chi connectivity index (χ0) is 14.8. The van der Waals surface area contributed by atoms with Crippen molar-refractivity contribution in [1.29, 1.82) is 0 Å². The summed E-state index contributed by atoms with van der Waals surface area (Å²) in [6.45, 7) is 3.75. The normalized spacial score (nSPS) is 20.5. The number of thioether (sulfide) groups is 1. The number of benzene rings is 1. The van der Waals surface area contributed by atoms with Crippen LogP contribution in [0.25, 0.3) is 0 Å². The number of carbonyl (C=O) groups is 2. The molecule has 0 N–H and O–H groups in total. The SMILES string of the molecule is CC(=O)SCC1CC(=O)N(Cc2ccc3c(c2)CCO3)C1. The van der Waals surface area contributed by atoms with Crippen LogP contribution in [0, 0.1) is 5.92 Å². The molecule has 21 heavy (non-hydrogen) atoms. The van der Waals surface area contributed by atoms with Gasteiger partial charge in [0, 0.05) is 38.6 Å². The fraction of sp³-hybridized carbons (Fsp3) is 0.500. The summed E-state index contributed by atoms with van der Waals surface area (Å²) < 4.78 is 5.50. The number of likely N-dealkylation sites (tertiary alicyclic amines) is 1. The molecule has 0 spiro atoms. The Morgan fingerprint density at radius 3 is 3.14 bits per heavy atom. The Morgan fingerprint density at radius 2 is 2.33 bits per heavy atom. The van der Waals surface area contributed by atoms with E-state index in [4.69, 9.17) is 4.74 Å². The van der Waals surface area contributed by atoms with Crippen molar-refractivity contribution in [2.75, 3.05) is 18.9 Å². The zero-order valence-corrected chi connectivity index (χ0v) is 12.9. The lowest BCUT2D eigenvalue weighted by Crippen LogP contribution is -2.24. The molecule has 2 aliphatic rings. The predicted octanol–water partition coefficient (Wildman–Crippen LogP) is 2.25. The fourth-order valence-electron chi connectivity index (χ4n) is 2.91. The maximum absolute atomic E-state index is 12.1. The summed E-state index contributed by atoms with van der Waals surface area (Å²) in [4.78, 5) is 25.0. The van der Waals surface area contributed by atoms with Crippen molar-refractivity contribution in [1.82, 2.24) is 4.90 Å². The van der Waals surface area contributed by atoms with Crippen LogP contribution in [0.15, 0.2) is 18.2 Å². The number of fused-ring (bicyclic) bond motifs is 1. The Hall–Kier alpha value is -1.49. The number of hydrogen-bond acceptors (Lipinski definition) is 4. The number of rotatable bonds is 4. The maximum atomic E-state index is 12.1. The van der Waals surface area contributed by atoms with Gasteiger partial charge in [-0.15, -0.1) is 0 Å². The van der Waals surface area contributed by atoms with Crippen molar-refractivity contribution in [3.05, 3.63) is 29.3 Å². The third-order valence-electron chi connectivity index (χ3n) is 3.94. The lowest BCUT2D eigenvalue weighted by molar-refractivity contribution is -0.128. The van der Waals surface area contributed by atoms with Crippen LogP contribution in [-0.2, 0) is 22.6 Å². The van der Waals surface area contributed by atoms with E-state index in [0.717, 1.165) is 36.6 Å². The quantitative estimate of drug-likeness (QED) is 0.856. The van der Waals surface area contributed by atoms with Crippen LogP contribution in [0.2, 0.25) is 0 Å². The molecule has 0 saturated carbocycles. The highest BCUT2D eigenvalue weighted by molar-refractivity contribution is 8.13. The minimum absolute atomic E-state index is 0.125. The summed E-state index contributed by atoms with van der Waals surface area (Å²) >= 11 is 1.32. The molecule has 0 aliphatic carbocycles. The molecule has 1 unspecified atom stereocenters. The highest BCUT2D eigenvalue weighted by Gasteiger charge is 2.29. The van der Waals surface area contributed by atoms with Gasteiger partial charge in [0.25, 0.3) is 0 Å². The van der Waals surface area contributed by atoms with Crippen LogP contribution in [-0.4, -0.2) is 34.8 Å². The minimum atomic E-state index is 0.125. The molecule has 0 bridgehead atoms. The van der Waals surface area contributed by atoms with Crippen LogP contribution < -0.4 is 4.74 Å². The van der Waals surface area contributed by atoms with E-state index in [1.165, 1.54) is 17.3 Å². The Bertz CT molecular complexity index is 573. The van der Waals surface area contributed by atoms with E-state index < -0.39 is 0 Å². The maximum Gasteiger partial charge on any atom is 0.223 e. The van der Waals surface area contributed by atoms with E-state index >= 15 is 0 Å². The van der Waals surface area contributed by atoms with Gasteiger partial charge in [-0.05, 0) is 23.1 Å². The molecular weight excluding hydrogens is 286 g/mol. The van der Waals surface area contributed by atoms with Crippen molar-refractivity contribution in [2.45, 2.75) is 26.3 Å². The molecule has 4 nitrogen and oxygen atoms in total. The number of ether oxygens (including phenoxy) is 1. The third kappa shape index (κ3) is 3.40. The molecule has 1 fully saturated rings. The Morgan fingerprint density at radius 1 is 1.48 bits per heavy atom. The van der Waals surface area contributed by atoms with Crippen molar-refractivity contribution >= 4 is 22.8 Å².